The molecule has 0 rings (SSSR count). The summed E-state index contributed by atoms with van der Waals surface area (Å²) in [5.41, 5.74) is 0. The largest absolute Gasteiger partial charge is 0.372 e. The minimum absolute atomic E-state index is 0.277. The van der Waals surface area contributed by atoms with Crippen LogP contribution in [0.2, 0.25) is 0 Å². The number of unbranched alkanes of at least 4 members (excludes halogenated alkanes) is 16. The van der Waals surface area contributed by atoms with Gasteiger partial charge in [0.1, 0.15) is 0 Å². The van der Waals surface area contributed by atoms with E-state index in [0.29, 0.717) is 12.1 Å². The first-order chi connectivity index (χ1) is 16.8. The van der Waals surface area contributed by atoms with E-state index in [1.807, 2.05) is 0 Å². The topological polar surface area (TPSA) is 15.7 Å². The lowest BCUT2D eigenvalue weighted by Crippen LogP contribution is -2.45. The molecule has 0 aliphatic heterocycles. The van der Waals surface area contributed by atoms with Crippen LogP contribution in [0.1, 0.15) is 156 Å². The van der Waals surface area contributed by atoms with Crippen molar-refractivity contribution < 1.29 is 4.74 Å². The molecular weight excluding hydrogens is 428 g/mol. The standard InChI is InChI=1S/C32H68N2O/c1-9-11-13-15-17-19-21-23-25-27-31(33(5)6)29(3)35-30(4)32(34(7)8)28-26-24-22-20-18-16-14-12-10-2/h29-32H,9-28H2,1-8H3. The van der Waals surface area contributed by atoms with Crippen molar-refractivity contribution in [3.8, 4) is 0 Å². The Labute approximate surface area is 223 Å². The van der Waals surface area contributed by atoms with Gasteiger partial charge in [-0.3, -0.25) is 0 Å². The first kappa shape index (κ1) is 34.9. The number of hydrogen-bond donors (Lipinski definition) is 0. The summed E-state index contributed by atoms with van der Waals surface area (Å²) < 4.78 is 6.68. The summed E-state index contributed by atoms with van der Waals surface area (Å²) in [7, 11) is 8.92. The van der Waals surface area contributed by atoms with Gasteiger partial charge in [-0.2, -0.15) is 0 Å². The van der Waals surface area contributed by atoms with Gasteiger partial charge >= 0.3 is 0 Å². The summed E-state index contributed by atoms with van der Waals surface area (Å²) in [5, 5.41) is 0. The van der Waals surface area contributed by atoms with E-state index in [-0.39, 0.29) is 12.2 Å². The molecule has 0 saturated heterocycles. The highest BCUT2D eigenvalue weighted by atomic mass is 16.5. The molecule has 0 aliphatic carbocycles. The highest BCUT2D eigenvalue weighted by molar-refractivity contribution is 4.79. The molecule has 0 aliphatic rings. The van der Waals surface area contributed by atoms with Gasteiger partial charge in [0, 0.05) is 12.1 Å². The summed E-state index contributed by atoms with van der Waals surface area (Å²) in [6.07, 6.45) is 28.2. The average Bonchev–Trinajstić information content (AvgIpc) is 2.80. The molecule has 0 amide bonds. The molecule has 0 aromatic rings. The van der Waals surface area contributed by atoms with Crippen molar-refractivity contribution in [2.45, 2.75) is 180 Å². The molecule has 3 nitrogen and oxygen atoms in total. The van der Waals surface area contributed by atoms with Crippen molar-refractivity contribution in [2.24, 2.45) is 0 Å². The average molecular weight is 497 g/mol. The minimum Gasteiger partial charge on any atom is -0.372 e. The maximum Gasteiger partial charge on any atom is 0.0706 e. The van der Waals surface area contributed by atoms with E-state index in [4.69, 9.17) is 4.74 Å². The Hall–Kier alpha value is -0.120. The minimum atomic E-state index is 0.277. The van der Waals surface area contributed by atoms with Crippen LogP contribution in [0.4, 0.5) is 0 Å². The maximum atomic E-state index is 6.68. The summed E-state index contributed by atoms with van der Waals surface area (Å²) in [6, 6.07) is 1.02. The molecule has 0 bridgehead atoms. The van der Waals surface area contributed by atoms with Gasteiger partial charge in [0.25, 0.3) is 0 Å². The highest BCUT2D eigenvalue weighted by Crippen LogP contribution is 2.21. The molecule has 3 heteroatoms. The van der Waals surface area contributed by atoms with E-state index in [1.165, 1.54) is 128 Å². The molecule has 0 saturated carbocycles. The second-order valence-electron chi connectivity index (χ2n) is 11.8. The Morgan fingerprint density at radius 1 is 0.429 bits per heavy atom. The van der Waals surface area contributed by atoms with E-state index in [9.17, 15) is 0 Å². The SMILES string of the molecule is CCCCCCCCCCCC(C(C)OC(C)C(CCCCCCCCCCC)N(C)C)N(C)C. The van der Waals surface area contributed by atoms with Gasteiger partial charge in [0.2, 0.25) is 0 Å². The Morgan fingerprint density at radius 3 is 0.943 bits per heavy atom. The predicted octanol–water partition coefficient (Wildman–Crippen LogP) is 9.48. The first-order valence-electron chi connectivity index (χ1n) is 15.8. The normalized spacial score (nSPS) is 15.6. The van der Waals surface area contributed by atoms with Crippen molar-refractivity contribution in [1.82, 2.24) is 9.80 Å². The third-order valence-corrected chi connectivity index (χ3v) is 8.05. The fourth-order valence-corrected chi connectivity index (χ4v) is 5.67. The van der Waals surface area contributed by atoms with E-state index < -0.39 is 0 Å². The number of rotatable bonds is 26. The fourth-order valence-electron chi connectivity index (χ4n) is 5.67. The highest BCUT2D eigenvalue weighted by Gasteiger charge is 2.26. The number of likely N-dealkylation sites (N-methyl/N-ethyl adjacent to an activating group) is 2. The van der Waals surface area contributed by atoms with Crippen LogP contribution in [-0.2, 0) is 4.74 Å². The molecular formula is C32H68N2O. The van der Waals surface area contributed by atoms with Crippen LogP contribution >= 0.6 is 0 Å². The monoisotopic (exact) mass is 497 g/mol. The summed E-state index contributed by atoms with van der Waals surface area (Å²) in [6.45, 7) is 9.21. The van der Waals surface area contributed by atoms with Gasteiger partial charge in [-0.05, 0) is 54.9 Å². The molecule has 4 atom stereocenters. The Bertz CT molecular complexity index is 388. The second-order valence-corrected chi connectivity index (χ2v) is 11.8. The smallest absolute Gasteiger partial charge is 0.0706 e. The Morgan fingerprint density at radius 2 is 0.686 bits per heavy atom. The Kier molecular flexibility index (Phi) is 24.1. The van der Waals surface area contributed by atoms with Crippen LogP contribution in [0.15, 0.2) is 0 Å². The van der Waals surface area contributed by atoms with Crippen LogP contribution in [0.3, 0.4) is 0 Å². The molecule has 0 spiro atoms. The fraction of sp³-hybridized carbons (Fsp3) is 1.00. The first-order valence-corrected chi connectivity index (χ1v) is 15.8. The van der Waals surface area contributed by atoms with Crippen molar-refractivity contribution in [3.63, 3.8) is 0 Å². The third-order valence-electron chi connectivity index (χ3n) is 8.05. The number of ether oxygens (including phenoxy) is 1. The third kappa shape index (κ3) is 19.6. The Balaban J connectivity index is 4.23. The van der Waals surface area contributed by atoms with Crippen molar-refractivity contribution in [1.29, 1.82) is 0 Å². The van der Waals surface area contributed by atoms with Crippen LogP contribution in [0, 0.1) is 0 Å². The van der Waals surface area contributed by atoms with E-state index in [1.54, 1.807) is 0 Å². The zero-order valence-corrected chi connectivity index (χ0v) is 25.8. The van der Waals surface area contributed by atoms with Crippen molar-refractivity contribution in [2.75, 3.05) is 28.2 Å². The van der Waals surface area contributed by atoms with Gasteiger partial charge in [-0.15, -0.1) is 0 Å². The molecule has 4 unspecified atom stereocenters. The van der Waals surface area contributed by atoms with Gasteiger partial charge in [-0.1, -0.05) is 129 Å². The molecule has 212 valence electrons. The summed E-state index contributed by atoms with van der Waals surface area (Å²) in [4.78, 5) is 4.79. The lowest BCUT2D eigenvalue weighted by molar-refractivity contribution is -0.0661. The number of nitrogens with zero attached hydrogens (tertiary/aromatic N) is 2. The van der Waals surface area contributed by atoms with Crippen LogP contribution in [0.5, 0.6) is 0 Å². The maximum absolute atomic E-state index is 6.68. The van der Waals surface area contributed by atoms with Crippen LogP contribution < -0.4 is 0 Å². The molecule has 0 N–H and O–H groups in total. The molecule has 0 aromatic carbocycles. The quantitative estimate of drug-likeness (QED) is 0.111. The van der Waals surface area contributed by atoms with E-state index in [2.05, 4.69) is 65.7 Å². The zero-order chi connectivity index (χ0) is 26.3. The van der Waals surface area contributed by atoms with Crippen molar-refractivity contribution >= 4 is 0 Å². The van der Waals surface area contributed by atoms with Gasteiger partial charge in [-0.25, -0.2) is 0 Å². The van der Waals surface area contributed by atoms with Crippen molar-refractivity contribution in [3.05, 3.63) is 0 Å². The second kappa shape index (κ2) is 24.2. The van der Waals surface area contributed by atoms with Gasteiger partial charge in [0.15, 0.2) is 0 Å². The predicted molar refractivity (Wildman–Crippen MR) is 159 cm³/mol. The molecule has 35 heavy (non-hydrogen) atoms. The summed E-state index contributed by atoms with van der Waals surface area (Å²) in [5.74, 6) is 0. The lowest BCUT2D eigenvalue weighted by Gasteiger charge is -2.36. The van der Waals surface area contributed by atoms with E-state index >= 15 is 0 Å². The zero-order valence-electron chi connectivity index (χ0n) is 25.8. The molecule has 0 fully saturated rings. The number of hydrogen-bond acceptors (Lipinski definition) is 3. The van der Waals surface area contributed by atoms with E-state index in [0.717, 1.165) is 0 Å². The van der Waals surface area contributed by atoms with Crippen LogP contribution in [-0.4, -0.2) is 62.3 Å². The molecule has 0 aromatic heterocycles. The summed E-state index contributed by atoms with van der Waals surface area (Å²) >= 11 is 0. The van der Waals surface area contributed by atoms with Crippen LogP contribution in [0.25, 0.3) is 0 Å². The van der Waals surface area contributed by atoms with Gasteiger partial charge in [0.05, 0.1) is 12.2 Å². The molecule has 0 heterocycles. The molecule has 0 radical (unpaired) electrons. The lowest BCUT2D eigenvalue weighted by atomic mass is 9.99. The van der Waals surface area contributed by atoms with Gasteiger partial charge < -0.3 is 14.5 Å².